The third-order valence-corrected chi connectivity index (χ3v) is 3.26. The van der Waals surface area contributed by atoms with Gasteiger partial charge in [0.05, 0.1) is 6.61 Å². The van der Waals surface area contributed by atoms with Crippen molar-refractivity contribution in [1.82, 2.24) is 9.55 Å². The Morgan fingerprint density at radius 3 is 2.70 bits per heavy atom. The summed E-state index contributed by atoms with van der Waals surface area (Å²) >= 11 is 0. The molecule has 0 saturated heterocycles. The zero-order valence-electron chi connectivity index (χ0n) is 11.3. The molecular weight excluding hydrogens is 271 g/mol. The maximum atomic E-state index is 14.3. The SMILES string of the molecule is CO[C@](CN)(CO)[C@@H](O)[C@@H](F)n1cc(C)c(N)nc1=O. The van der Waals surface area contributed by atoms with Crippen LogP contribution in [0, 0.1) is 6.92 Å². The average Bonchev–Trinajstić information content (AvgIpc) is 2.44. The van der Waals surface area contributed by atoms with Gasteiger partial charge in [0.15, 0.2) is 0 Å². The van der Waals surface area contributed by atoms with Crippen LogP contribution >= 0.6 is 0 Å². The van der Waals surface area contributed by atoms with E-state index in [1.54, 1.807) is 0 Å². The monoisotopic (exact) mass is 290 g/mol. The van der Waals surface area contributed by atoms with Gasteiger partial charge >= 0.3 is 5.69 Å². The lowest BCUT2D eigenvalue weighted by Gasteiger charge is -2.35. The largest absolute Gasteiger partial charge is 0.393 e. The second-order valence-corrected chi connectivity index (χ2v) is 4.45. The van der Waals surface area contributed by atoms with E-state index < -0.39 is 30.3 Å². The van der Waals surface area contributed by atoms with Crippen LogP contribution in [-0.2, 0) is 4.74 Å². The quantitative estimate of drug-likeness (QED) is 0.490. The van der Waals surface area contributed by atoms with E-state index in [2.05, 4.69) is 4.98 Å². The molecule has 6 N–H and O–H groups in total. The Balaban J connectivity index is 3.21. The minimum Gasteiger partial charge on any atom is -0.393 e. The Bertz CT molecular complexity index is 509. The van der Waals surface area contributed by atoms with Crippen molar-refractivity contribution >= 4 is 5.82 Å². The van der Waals surface area contributed by atoms with E-state index in [4.69, 9.17) is 16.2 Å². The highest BCUT2D eigenvalue weighted by Gasteiger charge is 2.43. The Hall–Kier alpha value is -1.55. The first kappa shape index (κ1) is 16.5. The number of nitrogens with two attached hydrogens (primary N) is 2. The fourth-order valence-corrected chi connectivity index (χ4v) is 1.71. The molecule has 0 bridgehead atoms. The Labute approximate surface area is 114 Å². The minimum absolute atomic E-state index is 0.0214. The van der Waals surface area contributed by atoms with E-state index in [1.807, 2.05) is 0 Å². The predicted molar refractivity (Wildman–Crippen MR) is 69.7 cm³/mol. The van der Waals surface area contributed by atoms with Gasteiger partial charge in [0.1, 0.15) is 17.5 Å². The first-order valence-corrected chi connectivity index (χ1v) is 5.86. The summed E-state index contributed by atoms with van der Waals surface area (Å²) in [4.78, 5) is 15.1. The van der Waals surface area contributed by atoms with Crippen molar-refractivity contribution < 1.29 is 19.3 Å². The lowest BCUT2D eigenvalue weighted by atomic mass is 9.96. The Morgan fingerprint density at radius 1 is 1.65 bits per heavy atom. The van der Waals surface area contributed by atoms with Crippen LogP contribution in [0.2, 0.25) is 0 Å². The number of anilines is 1. The second kappa shape index (κ2) is 6.27. The molecule has 0 aliphatic heterocycles. The van der Waals surface area contributed by atoms with Crippen LogP contribution in [-0.4, -0.2) is 51.7 Å². The molecule has 0 aliphatic rings. The molecule has 114 valence electrons. The van der Waals surface area contributed by atoms with Gasteiger partial charge in [-0.15, -0.1) is 0 Å². The van der Waals surface area contributed by atoms with Gasteiger partial charge < -0.3 is 26.4 Å². The molecule has 0 saturated carbocycles. The van der Waals surface area contributed by atoms with Gasteiger partial charge in [-0.3, -0.25) is 4.57 Å². The van der Waals surface area contributed by atoms with E-state index in [0.717, 1.165) is 6.20 Å². The molecule has 3 atom stereocenters. The van der Waals surface area contributed by atoms with E-state index in [0.29, 0.717) is 10.1 Å². The summed E-state index contributed by atoms with van der Waals surface area (Å²) in [5.41, 5.74) is 8.54. The summed E-state index contributed by atoms with van der Waals surface area (Å²) in [6, 6.07) is 0. The molecule has 9 heteroatoms. The van der Waals surface area contributed by atoms with Crippen molar-refractivity contribution in [3.8, 4) is 0 Å². The highest BCUT2D eigenvalue weighted by Crippen LogP contribution is 2.25. The van der Waals surface area contributed by atoms with Gasteiger partial charge in [0.25, 0.3) is 0 Å². The fourth-order valence-electron chi connectivity index (χ4n) is 1.71. The second-order valence-electron chi connectivity index (χ2n) is 4.45. The van der Waals surface area contributed by atoms with Gasteiger partial charge in [0.2, 0.25) is 6.30 Å². The van der Waals surface area contributed by atoms with E-state index in [9.17, 15) is 19.4 Å². The van der Waals surface area contributed by atoms with Crippen molar-refractivity contribution in [1.29, 1.82) is 0 Å². The van der Waals surface area contributed by atoms with E-state index in [1.165, 1.54) is 14.0 Å². The number of nitrogen functional groups attached to an aromatic ring is 1. The van der Waals surface area contributed by atoms with Gasteiger partial charge in [0, 0.05) is 25.4 Å². The Kier molecular flexibility index (Phi) is 5.17. The maximum absolute atomic E-state index is 14.3. The van der Waals surface area contributed by atoms with Crippen LogP contribution in [0.1, 0.15) is 11.9 Å². The molecule has 0 aromatic carbocycles. The molecule has 0 unspecified atom stereocenters. The van der Waals surface area contributed by atoms with Crippen molar-refractivity contribution in [3.63, 3.8) is 0 Å². The molecule has 1 rings (SSSR count). The number of halogens is 1. The van der Waals surface area contributed by atoms with Crippen LogP contribution in [0.15, 0.2) is 11.0 Å². The predicted octanol–water partition coefficient (Wildman–Crippen LogP) is -1.70. The fraction of sp³-hybridized carbons (Fsp3) is 0.636. The summed E-state index contributed by atoms with van der Waals surface area (Å²) in [6.07, 6.45) is -2.91. The summed E-state index contributed by atoms with van der Waals surface area (Å²) in [5, 5.41) is 19.3. The molecule has 0 fully saturated rings. The van der Waals surface area contributed by atoms with Crippen molar-refractivity contribution in [3.05, 3.63) is 22.2 Å². The minimum atomic E-state index is -2.19. The average molecular weight is 290 g/mol. The maximum Gasteiger partial charge on any atom is 0.351 e. The highest BCUT2D eigenvalue weighted by molar-refractivity contribution is 5.35. The molecule has 1 aromatic heterocycles. The number of aliphatic hydroxyl groups is 2. The van der Waals surface area contributed by atoms with Crippen LogP contribution in [0.3, 0.4) is 0 Å². The summed E-state index contributed by atoms with van der Waals surface area (Å²) in [5.74, 6) is -0.0214. The number of alkyl halides is 1. The highest BCUT2D eigenvalue weighted by atomic mass is 19.1. The molecule has 0 aliphatic carbocycles. The summed E-state index contributed by atoms with van der Waals surface area (Å²) in [6.45, 7) is 0.491. The molecule has 1 aromatic rings. The van der Waals surface area contributed by atoms with Crippen molar-refractivity contribution in [2.45, 2.75) is 24.9 Å². The summed E-state index contributed by atoms with van der Waals surface area (Å²) < 4.78 is 19.8. The molecule has 1 heterocycles. The van der Waals surface area contributed by atoms with Crippen LogP contribution < -0.4 is 17.2 Å². The standard InChI is InChI=1S/C11H19FN4O4/c1-6-3-16(10(19)15-9(6)14)8(12)7(18)11(4-13,5-17)20-2/h3,7-8,17-18H,4-5,13H2,1-2H3,(H2,14,15,19)/t7-,8-,11+/m0/s1. The number of rotatable bonds is 6. The van der Waals surface area contributed by atoms with Gasteiger partial charge in [-0.25, -0.2) is 9.18 Å². The van der Waals surface area contributed by atoms with E-state index in [-0.39, 0.29) is 12.4 Å². The van der Waals surface area contributed by atoms with Crippen LogP contribution in [0.25, 0.3) is 0 Å². The number of hydrogen-bond donors (Lipinski definition) is 4. The lowest BCUT2D eigenvalue weighted by molar-refractivity contribution is -0.158. The van der Waals surface area contributed by atoms with Crippen LogP contribution in [0.4, 0.5) is 10.2 Å². The third-order valence-electron chi connectivity index (χ3n) is 3.26. The number of aliphatic hydroxyl groups excluding tert-OH is 2. The number of aromatic nitrogens is 2. The zero-order chi connectivity index (χ0) is 15.5. The van der Waals surface area contributed by atoms with Crippen molar-refractivity contribution in [2.75, 3.05) is 26.0 Å². The smallest absolute Gasteiger partial charge is 0.351 e. The van der Waals surface area contributed by atoms with Crippen molar-refractivity contribution in [2.24, 2.45) is 5.73 Å². The Morgan fingerprint density at radius 2 is 2.25 bits per heavy atom. The van der Waals surface area contributed by atoms with Crippen LogP contribution in [0.5, 0.6) is 0 Å². The molecular formula is C11H19FN4O4. The first-order valence-electron chi connectivity index (χ1n) is 5.86. The molecule has 0 radical (unpaired) electrons. The van der Waals surface area contributed by atoms with Gasteiger partial charge in [-0.05, 0) is 6.92 Å². The first-order chi connectivity index (χ1) is 9.32. The number of hydrogen-bond acceptors (Lipinski definition) is 7. The number of methoxy groups -OCH3 is 1. The molecule has 20 heavy (non-hydrogen) atoms. The number of nitrogens with zero attached hydrogens (tertiary/aromatic N) is 2. The number of ether oxygens (including phenoxy) is 1. The summed E-state index contributed by atoms with van der Waals surface area (Å²) in [7, 11) is 1.17. The van der Waals surface area contributed by atoms with Gasteiger partial charge in [-0.2, -0.15) is 4.98 Å². The topological polar surface area (TPSA) is 137 Å². The third kappa shape index (κ3) is 2.80. The molecule has 0 spiro atoms. The van der Waals surface area contributed by atoms with Gasteiger partial charge in [-0.1, -0.05) is 0 Å². The number of aryl methyl sites for hydroxylation is 1. The molecule has 8 nitrogen and oxygen atoms in total. The lowest BCUT2D eigenvalue weighted by Crippen LogP contribution is -2.56. The zero-order valence-corrected chi connectivity index (χ0v) is 11.3. The molecule has 0 amide bonds. The normalized spacial score (nSPS) is 17.5. The van der Waals surface area contributed by atoms with E-state index >= 15 is 0 Å².